The maximum atomic E-state index is 11.9. The largest absolute Gasteiger partial charge is 0.399 e. The van der Waals surface area contributed by atoms with Crippen molar-refractivity contribution >= 4 is 37.5 Å². The van der Waals surface area contributed by atoms with Crippen molar-refractivity contribution in [3.63, 3.8) is 0 Å². The Kier molecular flexibility index (Phi) is 4.01. The molecule has 3 N–H and O–H groups in total. The molecule has 0 spiro atoms. The highest BCUT2D eigenvalue weighted by Gasteiger charge is 2.12. The second-order valence-corrected chi connectivity index (χ2v) is 6.37. The van der Waals surface area contributed by atoms with Crippen molar-refractivity contribution in [3.8, 4) is 0 Å². The van der Waals surface area contributed by atoms with Gasteiger partial charge in [0.2, 0.25) is 10.0 Å². The molecule has 1 heterocycles. The van der Waals surface area contributed by atoms with Crippen LogP contribution in [0.15, 0.2) is 41.3 Å². The molecular weight excluding hydrogens is 332 g/mol. The lowest BCUT2D eigenvalue weighted by Gasteiger charge is -2.07. The Morgan fingerprint density at radius 2 is 2.05 bits per heavy atom. The van der Waals surface area contributed by atoms with Gasteiger partial charge in [0.1, 0.15) is 4.60 Å². The second kappa shape index (κ2) is 5.54. The molecule has 0 fully saturated rings. The highest BCUT2D eigenvalue weighted by Crippen LogP contribution is 2.13. The van der Waals surface area contributed by atoms with Crippen LogP contribution in [0, 0.1) is 0 Å². The topological polar surface area (TPSA) is 98.0 Å². The van der Waals surface area contributed by atoms with Crippen LogP contribution in [-0.2, 0) is 15.8 Å². The van der Waals surface area contributed by atoms with Gasteiger partial charge in [0.15, 0.2) is 5.82 Å². The molecule has 0 aliphatic heterocycles. The van der Waals surface area contributed by atoms with E-state index in [1.54, 1.807) is 24.3 Å². The summed E-state index contributed by atoms with van der Waals surface area (Å²) in [5.41, 5.74) is 6.74. The molecule has 6 nitrogen and oxygen atoms in total. The minimum atomic E-state index is -3.54. The maximum Gasteiger partial charge on any atom is 0.238 e. The first kappa shape index (κ1) is 13.8. The van der Waals surface area contributed by atoms with Gasteiger partial charge in [-0.25, -0.2) is 18.4 Å². The number of halogens is 1. The van der Waals surface area contributed by atoms with E-state index in [0.717, 1.165) is 0 Å². The van der Waals surface area contributed by atoms with Crippen molar-refractivity contribution in [2.75, 3.05) is 10.5 Å². The Bertz CT molecular complexity index is 673. The van der Waals surface area contributed by atoms with E-state index in [1.807, 2.05) is 0 Å². The Hall–Kier alpha value is -1.67. The van der Waals surface area contributed by atoms with Crippen molar-refractivity contribution in [2.45, 2.75) is 5.75 Å². The van der Waals surface area contributed by atoms with Crippen molar-refractivity contribution in [3.05, 3.63) is 46.8 Å². The molecule has 0 unspecified atom stereocenters. The number of rotatable bonds is 4. The van der Waals surface area contributed by atoms with Gasteiger partial charge in [0.05, 0.1) is 18.1 Å². The van der Waals surface area contributed by atoms with E-state index in [0.29, 0.717) is 15.9 Å². The molecule has 0 bridgehead atoms. The number of nitrogen functional groups attached to an aromatic ring is 1. The average molecular weight is 343 g/mol. The highest BCUT2D eigenvalue weighted by molar-refractivity contribution is 9.10. The smallest absolute Gasteiger partial charge is 0.238 e. The molecule has 8 heteroatoms. The van der Waals surface area contributed by atoms with Gasteiger partial charge < -0.3 is 5.73 Å². The summed E-state index contributed by atoms with van der Waals surface area (Å²) in [5, 5.41) is 0. The van der Waals surface area contributed by atoms with E-state index in [1.165, 1.54) is 12.4 Å². The molecule has 1 aromatic heterocycles. The number of aromatic nitrogens is 2. The summed E-state index contributed by atoms with van der Waals surface area (Å²) < 4.78 is 26.8. The summed E-state index contributed by atoms with van der Waals surface area (Å²) in [6.45, 7) is 0. The number of sulfonamides is 1. The first-order valence-corrected chi connectivity index (χ1v) is 7.71. The zero-order valence-electron chi connectivity index (χ0n) is 9.75. The molecule has 1 aromatic carbocycles. The molecular formula is C11H11BrN4O2S. The molecule has 2 aromatic rings. The molecule has 19 heavy (non-hydrogen) atoms. The summed E-state index contributed by atoms with van der Waals surface area (Å²) in [5.74, 6) is 0.00239. The lowest BCUT2D eigenvalue weighted by Crippen LogP contribution is -2.16. The number of hydrogen-bond acceptors (Lipinski definition) is 5. The lowest BCUT2D eigenvalue weighted by atomic mass is 10.2. The van der Waals surface area contributed by atoms with Crippen molar-refractivity contribution in [1.82, 2.24) is 9.97 Å². The van der Waals surface area contributed by atoms with Gasteiger partial charge >= 0.3 is 0 Å². The molecule has 0 atom stereocenters. The van der Waals surface area contributed by atoms with Crippen molar-refractivity contribution < 1.29 is 8.42 Å². The minimum Gasteiger partial charge on any atom is -0.399 e. The third-order valence-electron chi connectivity index (χ3n) is 2.19. The number of anilines is 2. The summed E-state index contributed by atoms with van der Waals surface area (Å²) in [6.07, 6.45) is 2.75. The highest BCUT2D eigenvalue weighted by atomic mass is 79.9. The van der Waals surface area contributed by atoms with Gasteiger partial charge in [-0.2, -0.15) is 0 Å². The van der Waals surface area contributed by atoms with E-state index in [-0.39, 0.29) is 11.6 Å². The Morgan fingerprint density at radius 3 is 2.68 bits per heavy atom. The fourth-order valence-corrected chi connectivity index (χ4v) is 2.78. The molecule has 0 aliphatic rings. The van der Waals surface area contributed by atoms with Gasteiger partial charge in [0.25, 0.3) is 0 Å². The zero-order chi connectivity index (χ0) is 13.9. The second-order valence-electron chi connectivity index (χ2n) is 3.83. The average Bonchev–Trinajstić information content (AvgIpc) is 2.31. The van der Waals surface area contributed by atoms with Crippen LogP contribution in [0.5, 0.6) is 0 Å². The standard InChI is InChI=1S/C11H11BrN4O2S/c12-10-5-15-11(6-14-10)16-19(17,18)7-8-2-1-3-9(13)4-8/h1-6H,7,13H2,(H,15,16). The summed E-state index contributed by atoms with van der Waals surface area (Å²) >= 11 is 3.12. The van der Waals surface area contributed by atoms with Crippen LogP contribution in [0.25, 0.3) is 0 Å². The van der Waals surface area contributed by atoms with Crippen LogP contribution in [0.2, 0.25) is 0 Å². The summed E-state index contributed by atoms with van der Waals surface area (Å²) in [7, 11) is -3.54. The maximum absolute atomic E-state index is 11.9. The van der Waals surface area contributed by atoms with Gasteiger partial charge in [-0.15, -0.1) is 0 Å². The Balaban J connectivity index is 2.13. The van der Waals surface area contributed by atoms with Crippen LogP contribution >= 0.6 is 15.9 Å². The van der Waals surface area contributed by atoms with E-state index >= 15 is 0 Å². The van der Waals surface area contributed by atoms with Gasteiger partial charge in [-0.05, 0) is 33.6 Å². The van der Waals surface area contributed by atoms with E-state index in [4.69, 9.17) is 5.73 Å². The number of nitrogens with zero attached hydrogens (tertiary/aromatic N) is 2. The quantitative estimate of drug-likeness (QED) is 0.825. The summed E-state index contributed by atoms with van der Waals surface area (Å²) in [6, 6.07) is 6.72. The van der Waals surface area contributed by atoms with E-state index in [2.05, 4.69) is 30.6 Å². The third-order valence-corrected chi connectivity index (χ3v) is 3.83. The predicted molar refractivity (Wildman–Crippen MR) is 76.8 cm³/mol. The lowest BCUT2D eigenvalue weighted by molar-refractivity contribution is 0.600. The van der Waals surface area contributed by atoms with Crippen LogP contribution in [0.1, 0.15) is 5.56 Å². The first-order chi connectivity index (χ1) is 8.94. The molecule has 0 saturated carbocycles. The molecule has 2 rings (SSSR count). The van der Waals surface area contributed by atoms with E-state index in [9.17, 15) is 8.42 Å². The van der Waals surface area contributed by atoms with Gasteiger partial charge in [-0.3, -0.25) is 4.72 Å². The number of benzene rings is 1. The van der Waals surface area contributed by atoms with Crippen molar-refractivity contribution in [1.29, 1.82) is 0 Å². The Morgan fingerprint density at radius 1 is 1.26 bits per heavy atom. The van der Waals surface area contributed by atoms with Gasteiger partial charge in [0, 0.05) is 5.69 Å². The van der Waals surface area contributed by atoms with Crippen LogP contribution in [0.4, 0.5) is 11.5 Å². The Labute approximate surface area is 119 Å². The molecule has 0 radical (unpaired) electrons. The SMILES string of the molecule is Nc1cccc(CS(=O)(=O)Nc2cnc(Br)cn2)c1. The number of nitrogens with one attached hydrogen (secondary N) is 1. The third kappa shape index (κ3) is 4.18. The van der Waals surface area contributed by atoms with Crippen LogP contribution in [-0.4, -0.2) is 18.4 Å². The number of nitrogens with two attached hydrogens (primary N) is 1. The van der Waals surface area contributed by atoms with Gasteiger partial charge in [-0.1, -0.05) is 12.1 Å². The van der Waals surface area contributed by atoms with E-state index < -0.39 is 10.0 Å². The summed E-state index contributed by atoms with van der Waals surface area (Å²) in [4.78, 5) is 7.79. The monoisotopic (exact) mass is 342 g/mol. The molecule has 0 amide bonds. The fourth-order valence-electron chi connectivity index (χ4n) is 1.46. The fraction of sp³-hybridized carbons (Fsp3) is 0.0909. The molecule has 0 saturated heterocycles. The minimum absolute atomic E-state index is 0.171. The molecule has 0 aliphatic carbocycles. The normalized spacial score (nSPS) is 11.2. The van der Waals surface area contributed by atoms with Crippen LogP contribution < -0.4 is 10.5 Å². The van der Waals surface area contributed by atoms with Crippen molar-refractivity contribution in [2.24, 2.45) is 0 Å². The molecule has 100 valence electrons. The predicted octanol–water partition coefficient (Wildman–Crippen LogP) is 1.76. The van der Waals surface area contributed by atoms with Crippen LogP contribution in [0.3, 0.4) is 0 Å². The zero-order valence-corrected chi connectivity index (χ0v) is 12.1. The first-order valence-electron chi connectivity index (χ1n) is 5.27. The number of hydrogen-bond donors (Lipinski definition) is 2.